The molecular formula is C23H26N4O4S. The molecule has 3 rings (SSSR count). The number of ether oxygens (including phenoxy) is 1. The van der Waals surface area contributed by atoms with Crippen molar-refractivity contribution in [3.63, 3.8) is 0 Å². The quantitative estimate of drug-likeness (QED) is 0.387. The monoisotopic (exact) mass is 454 g/mol. The molecule has 0 saturated carbocycles. The number of nitrogens with zero attached hydrogens (tertiary/aromatic N) is 2. The van der Waals surface area contributed by atoms with Crippen LogP contribution < -0.4 is 15.8 Å². The van der Waals surface area contributed by atoms with E-state index in [1.807, 2.05) is 18.2 Å². The van der Waals surface area contributed by atoms with Gasteiger partial charge in [0.05, 0.1) is 18.0 Å². The van der Waals surface area contributed by atoms with Gasteiger partial charge in [-0.3, -0.25) is 19.1 Å². The van der Waals surface area contributed by atoms with Crippen molar-refractivity contribution in [3.8, 4) is 0 Å². The lowest BCUT2D eigenvalue weighted by Gasteiger charge is -2.16. The molecule has 0 spiro atoms. The number of fused-ring (bicyclic) bond motifs is 1. The molecule has 0 bridgehead atoms. The van der Waals surface area contributed by atoms with Gasteiger partial charge in [0.1, 0.15) is 0 Å². The van der Waals surface area contributed by atoms with Crippen LogP contribution in [0.25, 0.3) is 10.9 Å². The zero-order chi connectivity index (χ0) is 23.1. The second-order valence-electron chi connectivity index (χ2n) is 7.37. The first-order chi connectivity index (χ1) is 15.4. The van der Waals surface area contributed by atoms with Crippen molar-refractivity contribution in [2.75, 3.05) is 24.4 Å². The maximum Gasteiger partial charge on any atom is 0.413 e. The van der Waals surface area contributed by atoms with Gasteiger partial charge >= 0.3 is 6.09 Å². The molecule has 0 radical (unpaired) electrons. The van der Waals surface area contributed by atoms with Crippen molar-refractivity contribution in [3.05, 3.63) is 63.7 Å². The maximum absolute atomic E-state index is 12.6. The molecular weight excluding hydrogens is 428 g/mol. The summed E-state index contributed by atoms with van der Waals surface area (Å²) in [5.74, 6) is -0.0840. The fourth-order valence-electron chi connectivity index (χ4n) is 3.37. The molecule has 2 aromatic carbocycles. The molecule has 1 heterocycles. The van der Waals surface area contributed by atoms with Crippen LogP contribution in [-0.2, 0) is 16.1 Å². The fourth-order valence-corrected chi connectivity index (χ4v) is 3.65. The van der Waals surface area contributed by atoms with Gasteiger partial charge in [-0.25, -0.2) is 4.79 Å². The summed E-state index contributed by atoms with van der Waals surface area (Å²) < 4.78 is 6.66. The Morgan fingerprint density at radius 3 is 2.53 bits per heavy atom. The first kappa shape index (κ1) is 23.2. The van der Waals surface area contributed by atoms with Crippen molar-refractivity contribution >= 4 is 46.5 Å². The van der Waals surface area contributed by atoms with E-state index in [2.05, 4.69) is 15.0 Å². The van der Waals surface area contributed by atoms with E-state index in [9.17, 15) is 14.4 Å². The van der Waals surface area contributed by atoms with E-state index in [1.165, 1.54) is 12.0 Å². The van der Waals surface area contributed by atoms with Gasteiger partial charge in [0, 0.05) is 31.4 Å². The highest BCUT2D eigenvalue weighted by Crippen LogP contribution is 2.18. The molecule has 0 unspecified atom stereocenters. The largest absolute Gasteiger partial charge is 0.452 e. The molecule has 0 saturated heterocycles. The van der Waals surface area contributed by atoms with Gasteiger partial charge in [0.2, 0.25) is 5.91 Å². The number of methoxy groups -OCH3 is 1. The van der Waals surface area contributed by atoms with Crippen LogP contribution in [-0.4, -0.2) is 35.7 Å². The first-order valence-electron chi connectivity index (χ1n) is 10.3. The number of H-pyrrole nitrogens is 1. The molecule has 1 aromatic heterocycles. The number of para-hydroxylation sites is 1. The van der Waals surface area contributed by atoms with E-state index in [0.717, 1.165) is 18.4 Å². The lowest BCUT2D eigenvalue weighted by Crippen LogP contribution is -2.25. The van der Waals surface area contributed by atoms with Crippen molar-refractivity contribution in [1.29, 1.82) is 0 Å². The maximum atomic E-state index is 12.6. The highest BCUT2D eigenvalue weighted by Gasteiger charge is 2.11. The van der Waals surface area contributed by atoms with Crippen LogP contribution in [0.5, 0.6) is 0 Å². The summed E-state index contributed by atoms with van der Waals surface area (Å²) in [5.41, 5.74) is 1.96. The highest BCUT2D eigenvalue weighted by atomic mass is 32.1. The molecule has 0 aliphatic heterocycles. The zero-order valence-electron chi connectivity index (χ0n) is 18.1. The predicted octanol–water partition coefficient (Wildman–Crippen LogP) is 4.46. The highest BCUT2D eigenvalue weighted by molar-refractivity contribution is 7.71. The van der Waals surface area contributed by atoms with E-state index in [-0.39, 0.29) is 11.5 Å². The van der Waals surface area contributed by atoms with E-state index in [1.54, 1.807) is 41.9 Å². The molecule has 0 atom stereocenters. The number of aromatic amines is 1. The summed E-state index contributed by atoms with van der Waals surface area (Å²) >= 11 is 5.32. The number of unbranched alkanes of at least 4 members (excludes halogenated alkanes) is 2. The van der Waals surface area contributed by atoms with Crippen LogP contribution in [0, 0.1) is 4.77 Å². The number of nitrogens with one attached hydrogen (secondary N) is 2. The molecule has 168 valence electrons. The smallest absolute Gasteiger partial charge is 0.413 e. The van der Waals surface area contributed by atoms with E-state index >= 15 is 0 Å². The van der Waals surface area contributed by atoms with Gasteiger partial charge in [0.15, 0.2) is 4.77 Å². The van der Waals surface area contributed by atoms with Gasteiger partial charge < -0.3 is 15.0 Å². The van der Waals surface area contributed by atoms with Gasteiger partial charge in [-0.05, 0) is 61.5 Å². The number of hydrogen-bond donors (Lipinski definition) is 2. The Hall–Kier alpha value is -3.46. The third kappa shape index (κ3) is 5.61. The molecule has 2 amide bonds. The number of amides is 2. The number of rotatable bonds is 8. The molecule has 0 fully saturated rings. The normalized spacial score (nSPS) is 10.7. The minimum atomic E-state index is -0.464. The molecule has 3 aromatic rings. The number of hydrogen-bond acceptors (Lipinski definition) is 5. The van der Waals surface area contributed by atoms with Crippen molar-refractivity contribution in [1.82, 2.24) is 9.55 Å². The van der Waals surface area contributed by atoms with Gasteiger partial charge in [-0.2, -0.15) is 0 Å². The molecule has 0 aliphatic rings. The fraction of sp³-hybridized carbons (Fsp3) is 0.304. The van der Waals surface area contributed by atoms with E-state index in [0.29, 0.717) is 40.9 Å². The molecule has 8 nitrogen and oxygen atoms in total. The van der Waals surface area contributed by atoms with Gasteiger partial charge in [-0.1, -0.05) is 18.6 Å². The Morgan fingerprint density at radius 2 is 1.81 bits per heavy atom. The first-order valence-corrected chi connectivity index (χ1v) is 10.7. The summed E-state index contributed by atoms with van der Waals surface area (Å²) in [6.07, 6.45) is 2.16. The molecule has 32 heavy (non-hydrogen) atoms. The summed E-state index contributed by atoms with van der Waals surface area (Å²) in [6.45, 7) is 0.510. The standard InChI is InChI=1S/C23H26N4O4S/c1-26(23(30)31-2)17-13-11-16(12-14-17)24-20(28)10-4-3-7-15-27-21(29)18-8-5-6-9-19(18)25-22(27)32/h5-6,8-9,11-14H,3-4,7,10,15H2,1-2H3,(H,24,28)(H,25,32). The number of carbonyl (C=O) groups excluding carboxylic acids is 2. The zero-order valence-corrected chi connectivity index (χ0v) is 18.9. The summed E-state index contributed by atoms with van der Waals surface area (Å²) in [5, 5.41) is 3.46. The Bertz CT molecular complexity index is 1220. The van der Waals surface area contributed by atoms with Crippen LogP contribution in [0.1, 0.15) is 25.7 Å². The van der Waals surface area contributed by atoms with Crippen molar-refractivity contribution in [2.45, 2.75) is 32.2 Å². The van der Waals surface area contributed by atoms with E-state index < -0.39 is 6.09 Å². The van der Waals surface area contributed by atoms with Crippen LogP contribution in [0.15, 0.2) is 53.3 Å². The average molecular weight is 455 g/mol. The Labute approximate surface area is 190 Å². The second kappa shape index (κ2) is 10.7. The predicted molar refractivity (Wildman–Crippen MR) is 128 cm³/mol. The van der Waals surface area contributed by atoms with Crippen molar-refractivity contribution in [2.24, 2.45) is 0 Å². The Morgan fingerprint density at radius 1 is 1.09 bits per heavy atom. The van der Waals surface area contributed by atoms with E-state index in [4.69, 9.17) is 12.2 Å². The SMILES string of the molecule is COC(=O)N(C)c1ccc(NC(=O)CCCCCn2c(=S)[nH]c3ccccc3c2=O)cc1. The van der Waals surface area contributed by atoms with Gasteiger partial charge in [-0.15, -0.1) is 0 Å². The topological polar surface area (TPSA) is 96.4 Å². The third-order valence-electron chi connectivity index (χ3n) is 5.16. The Balaban J connectivity index is 1.45. The minimum Gasteiger partial charge on any atom is -0.452 e. The average Bonchev–Trinajstić information content (AvgIpc) is 2.80. The summed E-state index contributed by atoms with van der Waals surface area (Å²) in [6, 6.07) is 14.2. The molecule has 9 heteroatoms. The van der Waals surface area contributed by atoms with Crippen LogP contribution in [0.4, 0.5) is 16.2 Å². The molecule has 2 N–H and O–H groups in total. The van der Waals surface area contributed by atoms with Crippen LogP contribution in [0.3, 0.4) is 0 Å². The summed E-state index contributed by atoms with van der Waals surface area (Å²) in [4.78, 5) is 40.8. The number of aromatic nitrogens is 2. The van der Waals surface area contributed by atoms with Crippen LogP contribution in [0.2, 0.25) is 0 Å². The number of carbonyl (C=O) groups is 2. The minimum absolute atomic E-state index is 0.0840. The third-order valence-corrected chi connectivity index (χ3v) is 5.48. The summed E-state index contributed by atoms with van der Waals surface area (Å²) in [7, 11) is 2.93. The van der Waals surface area contributed by atoms with Crippen LogP contribution >= 0.6 is 12.2 Å². The Kier molecular flexibility index (Phi) is 7.77. The molecule has 0 aliphatic carbocycles. The van der Waals surface area contributed by atoms with Gasteiger partial charge in [0.25, 0.3) is 5.56 Å². The lowest BCUT2D eigenvalue weighted by atomic mass is 10.1. The van der Waals surface area contributed by atoms with Crippen molar-refractivity contribution < 1.29 is 14.3 Å². The lowest BCUT2D eigenvalue weighted by molar-refractivity contribution is -0.116. The number of benzene rings is 2. The number of anilines is 2. The second-order valence-corrected chi connectivity index (χ2v) is 7.75.